The van der Waals surface area contributed by atoms with Gasteiger partial charge in [0.1, 0.15) is 12.4 Å². The molecule has 0 bridgehead atoms. The summed E-state index contributed by atoms with van der Waals surface area (Å²) in [5.74, 6) is 0.663. The minimum absolute atomic E-state index is 0.107. The summed E-state index contributed by atoms with van der Waals surface area (Å²) in [6.07, 6.45) is 5.43. The van der Waals surface area contributed by atoms with Crippen molar-refractivity contribution >= 4 is 23.4 Å². The Morgan fingerprint density at radius 2 is 1.72 bits per heavy atom. The van der Waals surface area contributed by atoms with Gasteiger partial charge in [0.2, 0.25) is 5.91 Å². The third-order valence-electron chi connectivity index (χ3n) is 5.08. The summed E-state index contributed by atoms with van der Waals surface area (Å²) in [6, 6.07) is 14.5. The van der Waals surface area contributed by atoms with Crippen molar-refractivity contribution in [1.29, 1.82) is 0 Å². The standard InChI is InChI=1S/C23H27ClN2O3/c24-20-10-4-6-17(14-20)16-29-21-11-5-9-19(15-21)23(28)26-13-12-25-22(27)18-7-2-1-3-8-18/h4-6,9-11,14-15,18H,1-3,7-8,12-13,16H2,(H,25,27)(H,26,28). The van der Waals surface area contributed by atoms with E-state index in [1.807, 2.05) is 30.3 Å². The van der Waals surface area contributed by atoms with Gasteiger partial charge in [-0.3, -0.25) is 9.59 Å². The summed E-state index contributed by atoms with van der Waals surface area (Å²) in [4.78, 5) is 24.5. The zero-order valence-electron chi connectivity index (χ0n) is 16.5. The Morgan fingerprint density at radius 1 is 0.966 bits per heavy atom. The van der Waals surface area contributed by atoms with Crippen LogP contribution in [0.2, 0.25) is 5.02 Å². The zero-order chi connectivity index (χ0) is 20.5. The summed E-state index contributed by atoms with van der Waals surface area (Å²) < 4.78 is 5.77. The summed E-state index contributed by atoms with van der Waals surface area (Å²) in [5, 5.41) is 6.43. The number of carbonyl (C=O) groups is 2. The molecule has 0 atom stereocenters. The maximum absolute atomic E-state index is 12.4. The molecule has 29 heavy (non-hydrogen) atoms. The third kappa shape index (κ3) is 6.79. The highest BCUT2D eigenvalue weighted by atomic mass is 35.5. The molecule has 3 rings (SSSR count). The third-order valence-corrected chi connectivity index (χ3v) is 5.31. The first-order valence-electron chi connectivity index (χ1n) is 10.1. The fourth-order valence-corrected chi connectivity index (χ4v) is 3.71. The molecule has 0 spiro atoms. The van der Waals surface area contributed by atoms with Crippen LogP contribution in [0.1, 0.15) is 48.0 Å². The summed E-state index contributed by atoms with van der Waals surface area (Å²) >= 11 is 5.98. The van der Waals surface area contributed by atoms with Gasteiger partial charge in [-0.15, -0.1) is 0 Å². The molecule has 0 radical (unpaired) electrons. The second-order valence-corrected chi connectivity index (χ2v) is 7.76. The first-order valence-corrected chi connectivity index (χ1v) is 10.5. The van der Waals surface area contributed by atoms with Crippen LogP contribution in [0.25, 0.3) is 0 Å². The van der Waals surface area contributed by atoms with Crippen molar-refractivity contribution in [2.24, 2.45) is 5.92 Å². The van der Waals surface area contributed by atoms with Gasteiger partial charge in [0, 0.05) is 29.6 Å². The van der Waals surface area contributed by atoms with Crippen molar-refractivity contribution < 1.29 is 14.3 Å². The second-order valence-electron chi connectivity index (χ2n) is 7.33. The Balaban J connectivity index is 1.42. The highest BCUT2D eigenvalue weighted by Crippen LogP contribution is 2.23. The molecule has 154 valence electrons. The number of ether oxygens (including phenoxy) is 1. The Morgan fingerprint density at radius 3 is 2.52 bits per heavy atom. The predicted octanol–water partition coefficient (Wildman–Crippen LogP) is 4.35. The summed E-state index contributed by atoms with van der Waals surface area (Å²) in [7, 11) is 0. The highest BCUT2D eigenvalue weighted by Gasteiger charge is 2.20. The van der Waals surface area contributed by atoms with Crippen molar-refractivity contribution in [3.63, 3.8) is 0 Å². The topological polar surface area (TPSA) is 67.4 Å². The van der Waals surface area contributed by atoms with E-state index in [1.54, 1.807) is 18.2 Å². The van der Waals surface area contributed by atoms with E-state index in [1.165, 1.54) is 6.42 Å². The number of benzene rings is 2. The molecule has 0 aliphatic heterocycles. The maximum atomic E-state index is 12.4. The molecule has 0 heterocycles. The number of amides is 2. The van der Waals surface area contributed by atoms with Gasteiger partial charge in [-0.1, -0.05) is 49.1 Å². The maximum Gasteiger partial charge on any atom is 0.251 e. The smallest absolute Gasteiger partial charge is 0.251 e. The lowest BCUT2D eigenvalue weighted by Crippen LogP contribution is -2.38. The molecular weight excluding hydrogens is 388 g/mol. The van der Waals surface area contributed by atoms with E-state index < -0.39 is 0 Å². The van der Waals surface area contributed by atoms with Crippen LogP contribution in [0.4, 0.5) is 0 Å². The summed E-state index contributed by atoms with van der Waals surface area (Å²) in [5.41, 5.74) is 1.48. The molecule has 2 aromatic rings. The van der Waals surface area contributed by atoms with Crippen LogP contribution in [0.3, 0.4) is 0 Å². The summed E-state index contributed by atoms with van der Waals surface area (Å²) in [6.45, 7) is 1.20. The van der Waals surface area contributed by atoms with E-state index in [-0.39, 0.29) is 17.7 Å². The van der Waals surface area contributed by atoms with Crippen LogP contribution in [-0.2, 0) is 11.4 Å². The quantitative estimate of drug-likeness (QED) is 0.631. The molecule has 2 amide bonds. The average molecular weight is 415 g/mol. The lowest BCUT2D eigenvalue weighted by molar-refractivity contribution is -0.125. The fraction of sp³-hybridized carbons (Fsp3) is 0.391. The Bertz CT molecular complexity index is 834. The number of hydrogen-bond acceptors (Lipinski definition) is 3. The Kier molecular flexibility index (Phi) is 7.94. The Hall–Kier alpha value is -2.53. The molecule has 5 nitrogen and oxygen atoms in total. The normalized spacial score (nSPS) is 14.2. The van der Waals surface area contributed by atoms with Gasteiger partial charge in [-0.05, 0) is 48.7 Å². The van der Waals surface area contributed by atoms with Gasteiger partial charge in [0.25, 0.3) is 5.91 Å². The molecule has 1 aliphatic carbocycles. The number of rotatable bonds is 8. The van der Waals surface area contributed by atoms with Gasteiger partial charge < -0.3 is 15.4 Å². The molecule has 1 aliphatic rings. The first kappa shape index (κ1) is 21.2. The van der Waals surface area contributed by atoms with Crippen LogP contribution in [0.15, 0.2) is 48.5 Å². The van der Waals surface area contributed by atoms with Gasteiger partial charge in [-0.2, -0.15) is 0 Å². The van der Waals surface area contributed by atoms with E-state index >= 15 is 0 Å². The SMILES string of the molecule is O=C(NCCNC(=O)C1CCCCC1)c1cccc(OCc2cccc(Cl)c2)c1. The molecule has 1 fully saturated rings. The second kappa shape index (κ2) is 10.9. The van der Waals surface area contributed by atoms with E-state index in [2.05, 4.69) is 10.6 Å². The van der Waals surface area contributed by atoms with Gasteiger partial charge in [-0.25, -0.2) is 0 Å². The van der Waals surface area contributed by atoms with Gasteiger partial charge >= 0.3 is 0 Å². The lowest BCUT2D eigenvalue weighted by atomic mass is 9.89. The van der Waals surface area contributed by atoms with E-state index in [9.17, 15) is 9.59 Å². The molecule has 0 aromatic heterocycles. The number of halogens is 1. The van der Waals surface area contributed by atoms with Crippen molar-refractivity contribution in [2.45, 2.75) is 38.7 Å². The zero-order valence-corrected chi connectivity index (χ0v) is 17.2. The molecule has 0 unspecified atom stereocenters. The van der Waals surface area contributed by atoms with Crippen LogP contribution < -0.4 is 15.4 Å². The monoisotopic (exact) mass is 414 g/mol. The predicted molar refractivity (Wildman–Crippen MR) is 114 cm³/mol. The molecule has 6 heteroatoms. The fourth-order valence-electron chi connectivity index (χ4n) is 3.49. The minimum atomic E-state index is -0.190. The highest BCUT2D eigenvalue weighted by molar-refractivity contribution is 6.30. The van der Waals surface area contributed by atoms with E-state index in [0.29, 0.717) is 36.0 Å². The number of hydrogen-bond donors (Lipinski definition) is 2. The van der Waals surface area contributed by atoms with Crippen LogP contribution in [0, 0.1) is 5.92 Å². The Labute approximate surface area is 176 Å². The van der Waals surface area contributed by atoms with Crippen molar-refractivity contribution in [3.05, 3.63) is 64.7 Å². The van der Waals surface area contributed by atoms with Crippen LogP contribution >= 0.6 is 11.6 Å². The molecule has 0 saturated heterocycles. The first-order chi connectivity index (χ1) is 14.1. The largest absolute Gasteiger partial charge is 0.489 e. The molecular formula is C23H27ClN2O3. The molecule has 1 saturated carbocycles. The molecule has 2 aromatic carbocycles. The van der Waals surface area contributed by atoms with Crippen molar-refractivity contribution in [2.75, 3.05) is 13.1 Å². The lowest BCUT2D eigenvalue weighted by Gasteiger charge is -2.20. The van der Waals surface area contributed by atoms with Crippen LogP contribution in [-0.4, -0.2) is 24.9 Å². The van der Waals surface area contributed by atoms with E-state index in [0.717, 1.165) is 31.2 Å². The van der Waals surface area contributed by atoms with E-state index in [4.69, 9.17) is 16.3 Å². The van der Waals surface area contributed by atoms with Gasteiger partial charge in [0.05, 0.1) is 0 Å². The van der Waals surface area contributed by atoms with Crippen LogP contribution in [0.5, 0.6) is 5.75 Å². The van der Waals surface area contributed by atoms with Gasteiger partial charge in [0.15, 0.2) is 0 Å². The molecule has 2 N–H and O–H groups in total. The number of nitrogens with one attached hydrogen (secondary N) is 2. The number of carbonyl (C=O) groups excluding carboxylic acids is 2. The van der Waals surface area contributed by atoms with Crippen molar-refractivity contribution in [1.82, 2.24) is 10.6 Å². The minimum Gasteiger partial charge on any atom is -0.489 e. The average Bonchev–Trinajstić information content (AvgIpc) is 2.76. The van der Waals surface area contributed by atoms with Crippen molar-refractivity contribution in [3.8, 4) is 5.75 Å².